The van der Waals surface area contributed by atoms with Crippen LogP contribution in [0.15, 0.2) is 29.4 Å². The molecule has 31 heavy (non-hydrogen) atoms. The van der Waals surface area contributed by atoms with Gasteiger partial charge in [0.1, 0.15) is 0 Å². The molecule has 4 rings (SSSR count). The van der Waals surface area contributed by atoms with Crippen LogP contribution in [0.4, 0.5) is 5.95 Å². The first-order valence-corrected chi connectivity index (χ1v) is 12.2. The minimum atomic E-state index is 0.138. The molecular formula is C23H33N5O2S. The molecular weight excluding hydrogens is 410 g/mol. The summed E-state index contributed by atoms with van der Waals surface area (Å²) in [6.45, 7) is 8.29. The van der Waals surface area contributed by atoms with E-state index in [2.05, 4.69) is 57.8 Å². The van der Waals surface area contributed by atoms with Gasteiger partial charge in [0.05, 0.1) is 25.0 Å². The number of carbonyl (C=O) groups excluding carboxylic acids is 1. The van der Waals surface area contributed by atoms with Crippen LogP contribution < -0.4 is 4.90 Å². The second-order valence-electron chi connectivity index (χ2n) is 8.79. The third-order valence-electron chi connectivity index (χ3n) is 6.06. The van der Waals surface area contributed by atoms with Crippen LogP contribution in [0.1, 0.15) is 43.9 Å². The van der Waals surface area contributed by atoms with E-state index in [-0.39, 0.29) is 11.9 Å². The molecule has 0 spiro atoms. The number of nitrogens with zero attached hydrogens (tertiary/aromatic N) is 5. The molecule has 7 nitrogen and oxygen atoms in total. The zero-order valence-corrected chi connectivity index (χ0v) is 19.6. The lowest BCUT2D eigenvalue weighted by molar-refractivity contribution is -0.129. The van der Waals surface area contributed by atoms with Crippen molar-refractivity contribution in [1.29, 1.82) is 0 Å². The highest BCUT2D eigenvalue weighted by Gasteiger charge is 2.27. The van der Waals surface area contributed by atoms with E-state index in [4.69, 9.17) is 4.74 Å². The quantitative estimate of drug-likeness (QED) is 0.611. The van der Waals surface area contributed by atoms with Crippen LogP contribution >= 0.6 is 11.8 Å². The monoisotopic (exact) mass is 443 g/mol. The van der Waals surface area contributed by atoms with Gasteiger partial charge in [-0.2, -0.15) is 0 Å². The van der Waals surface area contributed by atoms with E-state index in [1.165, 1.54) is 22.9 Å². The smallest absolute Gasteiger partial charge is 0.233 e. The number of ether oxygens (including phenoxy) is 1. The molecule has 1 unspecified atom stereocenters. The fourth-order valence-corrected chi connectivity index (χ4v) is 5.31. The number of benzene rings is 1. The number of thioether (sulfide) groups is 1. The fourth-order valence-electron chi connectivity index (χ4n) is 4.44. The average Bonchev–Trinajstić information content (AvgIpc) is 3.18. The Balaban J connectivity index is 1.45. The van der Waals surface area contributed by atoms with Crippen LogP contribution in [-0.4, -0.2) is 64.7 Å². The van der Waals surface area contributed by atoms with Crippen molar-refractivity contribution in [3.63, 3.8) is 0 Å². The predicted molar refractivity (Wildman–Crippen MR) is 124 cm³/mol. The van der Waals surface area contributed by atoms with E-state index in [9.17, 15) is 4.79 Å². The molecule has 1 amide bonds. The van der Waals surface area contributed by atoms with Gasteiger partial charge in [-0.1, -0.05) is 49.9 Å². The number of rotatable bonds is 7. The van der Waals surface area contributed by atoms with E-state index in [1.807, 2.05) is 11.9 Å². The molecule has 1 fully saturated rings. The highest BCUT2D eigenvalue weighted by molar-refractivity contribution is 7.99. The Kier molecular flexibility index (Phi) is 7.17. The summed E-state index contributed by atoms with van der Waals surface area (Å²) in [6, 6.07) is 8.69. The largest absolute Gasteiger partial charge is 0.378 e. The van der Waals surface area contributed by atoms with Gasteiger partial charge in [-0.3, -0.25) is 9.36 Å². The minimum absolute atomic E-state index is 0.138. The van der Waals surface area contributed by atoms with Crippen molar-refractivity contribution < 1.29 is 9.53 Å². The highest BCUT2D eigenvalue weighted by atomic mass is 32.2. The number of hydrogen-bond donors (Lipinski definition) is 0. The lowest BCUT2D eigenvalue weighted by Gasteiger charge is -2.33. The highest BCUT2D eigenvalue weighted by Crippen LogP contribution is 2.34. The number of morpholine rings is 1. The first kappa shape index (κ1) is 22.1. The number of amides is 1. The van der Waals surface area contributed by atoms with Gasteiger partial charge in [0.25, 0.3) is 0 Å². The molecule has 0 N–H and O–H groups in total. The van der Waals surface area contributed by atoms with Crippen LogP contribution in [0.2, 0.25) is 0 Å². The summed E-state index contributed by atoms with van der Waals surface area (Å²) in [5.41, 5.74) is 2.67. The standard InChI is InChI=1S/C23H33N5O2S/c1-17(2)15-28-22(27-11-13-30-14-12-27)24-25-23(28)31-16-21(29)26(3)20-10-6-8-18-7-4-5-9-19(18)20/h4-5,7,9,17,20H,6,8,10-16H2,1-3H3. The summed E-state index contributed by atoms with van der Waals surface area (Å²) in [4.78, 5) is 17.2. The zero-order chi connectivity index (χ0) is 21.8. The number of aryl methyl sites for hydroxylation is 1. The maximum absolute atomic E-state index is 13.1. The first-order chi connectivity index (χ1) is 15.0. The van der Waals surface area contributed by atoms with Gasteiger partial charge in [-0.25, -0.2) is 0 Å². The number of fused-ring (bicyclic) bond motifs is 1. The van der Waals surface area contributed by atoms with Crippen molar-refractivity contribution in [2.45, 2.75) is 50.9 Å². The maximum Gasteiger partial charge on any atom is 0.233 e. The van der Waals surface area contributed by atoms with Gasteiger partial charge >= 0.3 is 0 Å². The van der Waals surface area contributed by atoms with Crippen LogP contribution in [0.3, 0.4) is 0 Å². The van der Waals surface area contributed by atoms with Crippen molar-refractivity contribution in [3.8, 4) is 0 Å². The molecule has 2 aliphatic rings. The molecule has 0 bridgehead atoms. The van der Waals surface area contributed by atoms with E-state index < -0.39 is 0 Å². The van der Waals surface area contributed by atoms with Gasteiger partial charge < -0.3 is 14.5 Å². The summed E-state index contributed by atoms with van der Waals surface area (Å²) in [6.07, 6.45) is 3.25. The molecule has 0 radical (unpaired) electrons. The Morgan fingerprint density at radius 2 is 2.03 bits per heavy atom. The van der Waals surface area contributed by atoms with Gasteiger partial charge in [0.15, 0.2) is 5.16 Å². The van der Waals surface area contributed by atoms with E-state index in [0.717, 1.165) is 50.0 Å². The van der Waals surface area contributed by atoms with Crippen LogP contribution in [0.5, 0.6) is 0 Å². The first-order valence-electron chi connectivity index (χ1n) is 11.3. The molecule has 1 aliphatic heterocycles. The fraction of sp³-hybridized carbons (Fsp3) is 0.609. The van der Waals surface area contributed by atoms with Gasteiger partial charge in [0.2, 0.25) is 11.9 Å². The van der Waals surface area contributed by atoms with Crippen molar-refractivity contribution in [3.05, 3.63) is 35.4 Å². The Morgan fingerprint density at radius 3 is 2.81 bits per heavy atom. The molecule has 1 aliphatic carbocycles. The van der Waals surface area contributed by atoms with Gasteiger partial charge in [-0.05, 0) is 36.3 Å². The predicted octanol–water partition coefficient (Wildman–Crippen LogP) is 3.40. The van der Waals surface area contributed by atoms with Crippen LogP contribution in [0, 0.1) is 5.92 Å². The van der Waals surface area contributed by atoms with E-state index in [0.29, 0.717) is 24.9 Å². The summed E-state index contributed by atoms with van der Waals surface area (Å²) >= 11 is 1.50. The number of aromatic nitrogens is 3. The lowest BCUT2D eigenvalue weighted by atomic mass is 9.87. The summed E-state index contributed by atoms with van der Waals surface area (Å²) in [5, 5.41) is 9.74. The van der Waals surface area contributed by atoms with Crippen molar-refractivity contribution in [2.75, 3.05) is 44.0 Å². The molecule has 168 valence electrons. The van der Waals surface area contributed by atoms with E-state index >= 15 is 0 Å². The zero-order valence-electron chi connectivity index (χ0n) is 18.8. The number of hydrogen-bond acceptors (Lipinski definition) is 6. The molecule has 8 heteroatoms. The normalized spacial score (nSPS) is 18.8. The molecule has 0 saturated carbocycles. The van der Waals surface area contributed by atoms with Crippen LogP contribution in [-0.2, 0) is 22.5 Å². The number of anilines is 1. The minimum Gasteiger partial charge on any atom is -0.378 e. The average molecular weight is 444 g/mol. The van der Waals surface area contributed by atoms with Crippen molar-refractivity contribution in [1.82, 2.24) is 19.7 Å². The molecule has 2 heterocycles. The van der Waals surface area contributed by atoms with E-state index in [1.54, 1.807) is 0 Å². The Morgan fingerprint density at radius 1 is 1.26 bits per heavy atom. The molecule has 1 aromatic carbocycles. The molecule has 1 atom stereocenters. The second kappa shape index (κ2) is 10.0. The van der Waals surface area contributed by atoms with Crippen molar-refractivity contribution in [2.24, 2.45) is 5.92 Å². The van der Waals surface area contributed by atoms with Gasteiger partial charge in [-0.15, -0.1) is 10.2 Å². The molecule has 1 aromatic heterocycles. The molecule has 1 saturated heterocycles. The Labute approximate surface area is 189 Å². The molecule has 2 aromatic rings. The summed E-state index contributed by atoms with van der Waals surface area (Å²) in [5.74, 6) is 1.86. The third kappa shape index (κ3) is 5.06. The Bertz CT molecular complexity index is 894. The number of carbonyl (C=O) groups is 1. The third-order valence-corrected chi connectivity index (χ3v) is 7.01. The topological polar surface area (TPSA) is 63.5 Å². The van der Waals surface area contributed by atoms with Crippen LogP contribution in [0.25, 0.3) is 0 Å². The second-order valence-corrected chi connectivity index (χ2v) is 9.73. The van der Waals surface area contributed by atoms with Gasteiger partial charge in [0, 0.05) is 26.7 Å². The van der Waals surface area contributed by atoms with Crippen molar-refractivity contribution >= 4 is 23.6 Å². The lowest BCUT2D eigenvalue weighted by Crippen LogP contribution is -2.38. The summed E-state index contributed by atoms with van der Waals surface area (Å²) < 4.78 is 7.65. The SMILES string of the molecule is CC(C)Cn1c(SCC(=O)N(C)C2CCCc3ccccc32)nnc1N1CCOCC1. The summed E-state index contributed by atoms with van der Waals surface area (Å²) in [7, 11) is 1.94. The maximum atomic E-state index is 13.1. The Hall–Kier alpha value is -2.06.